The van der Waals surface area contributed by atoms with Gasteiger partial charge in [-0.3, -0.25) is 0 Å². The van der Waals surface area contributed by atoms with Crippen LogP contribution in [0.3, 0.4) is 0 Å². The van der Waals surface area contributed by atoms with Gasteiger partial charge in [0.05, 0.1) is 6.61 Å². The third-order valence-electron chi connectivity index (χ3n) is 3.00. The molecule has 2 unspecified atom stereocenters. The number of benzene rings is 1. The summed E-state index contributed by atoms with van der Waals surface area (Å²) in [5, 5.41) is 9.39. The highest BCUT2D eigenvalue weighted by atomic mass is 16.5. The van der Waals surface area contributed by atoms with Crippen molar-refractivity contribution in [1.29, 1.82) is 0 Å². The summed E-state index contributed by atoms with van der Waals surface area (Å²) in [6.45, 7) is 6.29. The summed E-state index contributed by atoms with van der Waals surface area (Å²) in [4.78, 5) is 0. The van der Waals surface area contributed by atoms with Crippen molar-refractivity contribution in [3.05, 3.63) is 29.8 Å². The minimum atomic E-state index is -0.334. The first-order valence-electron chi connectivity index (χ1n) is 6.68. The predicted molar refractivity (Wildman–Crippen MR) is 74.8 cm³/mol. The van der Waals surface area contributed by atoms with Crippen molar-refractivity contribution in [2.24, 2.45) is 11.7 Å². The molecule has 1 rings (SSSR count). The Kier molecular flexibility index (Phi) is 6.16. The van der Waals surface area contributed by atoms with Gasteiger partial charge in [0.1, 0.15) is 11.9 Å². The average Bonchev–Trinajstić information content (AvgIpc) is 2.35. The van der Waals surface area contributed by atoms with Crippen molar-refractivity contribution in [3.63, 3.8) is 0 Å². The van der Waals surface area contributed by atoms with E-state index in [1.54, 1.807) is 0 Å². The van der Waals surface area contributed by atoms with E-state index >= 15 is 0 Å². The topological polar surface area (TPSA) is 55.5 Å². The maximum Gasteiger partial charge on any atom is 0.137 e. The molecule has 2 atom stereocenters. The molecule has 0 saturated carbocycles. The third kappa shape index (κ3) is 4.67. The first-order valence-corrected chi connectivity index (χ1v) is 6.68. The van der Waals surface area contributed by atoms with Crippen molar-refractivity contribution < 1.29 is 9.84 Å². The van der Waals surface area contributed by atoms with E-state index in [4.69, 9.17) is 10.5 Å². The normalized spacial score (nSPS) is 14.6. The molecule has 0 aliphatic carbocycles. The molecule has 102 valence electrons. The van der Waals surface area contributed by atoms with Crippen LogP contribution in [0, 0.1) is 5.92 Å². The summed E-state index contributed by atoms with van der Waals surface area (Å²) in [7, 11) is 0. The smallest absolute Gasteiger partial charge is 0.137 e. The summed E-state index contributed by atoms with van der Waals surface area (Å²) in [6, 6.07) is 7.81. The number of ether oxygens (including phenoxy) is 1. The van der Waals surface area contributed by atoms with E-state index in [0.29, 0.717) is 5.92 Å². The number of nitrogens with two attached hydrogens (primary N) is 1. The molecule has 18 heavy (non-hydrogen) atoms. The van der Waals surface area contributed by atoms with Crippen LogP contribution in [-0.2, 0) is 6.42 Å². The molecule has 1 aromatic carbocycles. The van der Waals surface area contributed by atoms with Crippen LogP contribution in [0.2, 0.25) is 0 Å². The maximum absolute atomic E-state index is 9.39. The van der Waals surface area contributed by atoms with Gasteiger partial charge >= 0.3 is 0 Å². The summed E-state index contributed by atoms with van der Waals surface area (Å²) in [5.41, 5.74) is 7.29. The van der Waals surface area contributed by atoms with Crippen LogP contribution >= 0.6 is 0 Å². The second-order valence-corrected chi connectivity index (χ2v) is 5.13. The first kappa shape index (κ1) is 15.0. The second kappa shape index (κ2) is 7.39. The molecular weight excluding hydrogens is 226 g/mol. The minimum Gasteiger partial charge on any atom is -0.486 e. The molecule has 3 N–H and O–H groups in total. The van der Waals surface area contributed by atoms with E-state index in [0.717, 1.165) is 18.6 Å². The molecule has 0 amide bonds. The lowest BCUT2D eigenvalue weighted by atomic mass is 10.0. The van der Waals surface area contributed by atoms with Crippen LogP contribution in [0.1, 0.15) is 32.8 Å². The molecular formula is C15H25NO2. The Balaban J connectivity index is 2.66. The molecule has 0 saturated heterocycles. The van der Waals surface area contributed by atoms with Crippen LogP contribution in [-0.4, -0.2) is 23.9 Å². The molecule has 0 fully saturated rings. The number of aryl methyl sites for hydroxylation is 1. The first-order chi connectivity index (χ1) is 8.56. The second-order valence-electron chi connectivity index (χ2n) is 5.13. The van der Waals surface area contributed by atoms with Crippen LogP contribution in [0.15, 0.2) is 24.3 Å². The molecule has 0 bridgehead atoms. The lowest BCUT2D eigenvalue weighted by Crippen LogP contribution is -2.42. The largest absolute Gasteiger partial charge is 0.486 e. The van der Waals surface area contributed by atoms with Crippen molar-refractivity contribution in [3.8, 4) is 5.75 Å². The van der Waals surface area contributed by atoms with E-state index < -0.39 is 0 Å². The van der Waals surface area contributed by atoms with Gasteiger partial charge in [-0.15, -0.1) is 0 Å². The fraction of sp³-hybridized carbons (Fsp3) is 0.600. The van der Waals surface area contributed by atoms with E-state index in [2.05, 4.69) is 26.8 Å². The Morgan fingerprint density at radius 1 is 1.33 bits per heavy atom. The van der Waals surface area contributed by atoms with Crippen molar-refractivity contribution >= 4 is 0 Å². The lowest BCUT2D eigenvalue weighted by molar-refractivity contribution is 0.0881. The van der Waals surface area contributed by atoms with Gasteiger partial charge in [-0.05, 0) is 36.5 Å². The summed E-state index contributed by atoms with van der Waals surface area (Å²) in [6.07, 6.45) is 1.48. The zero-order chi connectivity index (χ0) is 13.5. The van der Waals surface area contributed by atoms with Gasteiger partial charge in [0.25, 0.3) is 0 Å². The van der Waals surface area contributed by atoms with Gasteiger partial charge in [0.2, 0.25) is 0 Å². The predicted octanol–water partition coefficient (Wildman–Crippen LogP) is 2.36. The van der Waals surface area contributed by atoms with Gasteiger partial charge in [0.15, 0.2) is 0 Å². The molecule has 3 nitrogen and oxygen atoms in total. The number of hydrogen-bond donors (Lipinski definition) is 2. The fourth-order valence-corrected chi connectivity index (χ4v) is 1.97. The molecule has 0 radical (unpaired) electrons. The average molecular weight is 251 g/mol. The van der Waals surface area contributed by atoms with Crippen LogP contribution < -0.4 is 10.5 Å². The van der Waals surface area contributed by atoms with Gasteiger partial charge in [-0.25, -0.2) is 0 Å². The molecule has 0 aliphatic rings. The fourth-order valence-electron chi connectivity index (χ4n) is 1.97. The molecule has 0 heterocycles. The van der Waals surface area contributed by atoms with Crippen molar-refractivity contribution in [1.82, 2.24) is 0 Å². The number of hydrogen-bond acceptors (Lipinski definition) is 3. The quantitative estimate of drug-likeness (QED) is 0.782. The van der Waals surface area contributed by atoms with Crippen LogP contribution in [0.4, 0.5) is 0 Å². The van der Waals surface area contributed by atoms with Gasteiger partial charge in [-0.2, -0.15) is 0 Å². The zero-order valence-electron chi connectivity index (χ0n) is 11.6. The lowest BCUT2D eigenvalue weighted by Gasteiger charge is -2.24. The monoisotopic (exact) mass is 251 g/mol. The van der Waals surface area contributed by atoms with Gasteiger partial charge in [0, 0.05) is 6.04 Å². The van der Waals surface area contributed by atoms with Gasteiger partial charge < -0.3 is 15.6 Å². The molecule has 3 heteroatoms. The highest BCUT2D eigenvalue weighted by molar-refractivity contribution is 5.28. The highest BCUT2D eigenvalue weighted by Gasteiger charge is 2.19. The van der Waals surface area contributed by atoms with Crippen molar-refractivity contribution in [2.45, 2.75) is 45.8 Å². The Labute approximate surface area is 110 Å². The number of aliphatic hydroxyl groups is 1. The molecule has 0 aliphatic heterocycles. The molecule has 0 spiro atoms. The minimum absolute atomic E-state index is 0.0513. The Bertz CT molecular complexity index is 352. The van der Waals surface area contributed by atoms with Crippen molar-refractivity contribution in [2.75, 3.05) is 6.61 Å². The summed E-state index contributed by atoms with van der Waals surface area (Å²) < 4.78 is 5.79. The summed E-state index contributed by atoms with van der Waals surface area (Å²) in [5.74, 6) is 1.28. The number of aliphatic hydroxyl groups excluding tert-OH is 1. The Hall–Kier alpha value is -1.06. The van der Waals surface area contributed by atoms with E-state index in [-0.39, 0.29) is 18.8 Å². The zero-order valence-corrected chi connectivity index (χ0v) is 11.6. The standard InChI is InChI=1S/C15H25NO2/c1-4-12-6-5-7-13(9-12)18-15(10-17)14(16)8-11(2)3/h5-7,9,11,14-15,17H,4,8,10,16H2,1-3H3. The highest BCUT2D eigenvalue weighted by Crippen LogP contribution is 2.17. The Morgan fingerprint density at radius 2 is 2.06 bits per heavy atom. The SMILES string of the molecule is CCc1cccc(OC(CO)C(N)CC(C)C)c1. The molecule has 1 aromatic rings. The van der Waals surface area contributed by atoms with E-state index in [1.165, 1.54) is 5.56 Å². The number of rotatable bonds is 7. The van der Waals surface area contributed by atoms with Crippen LogP contribution in [0.5, 0.6) is 5.75 Å². The Morgan fingerprint density at radius 3 is 2.61 bits per heavy atom. The summed E-state index contributed by atoms with van der Waals surface area (Å²) >= 11 is 0. The van der Waals surface area contributed by atoms with Crippen LogP contribution in [0.25, 0.3) is 0 Å². The third-order valence-corrected chi connectivity index (χ3v) is 3.00. The maximum atomic E-state index is 9.39. The van der Waals surface area contributed by atoms with E-state index in [9.17, 15) is 5.11 Å². The van der Waals surface area contributed by atoms with Gasteiger partial charge in [-0.1, -0.05) is 32.9 Å². The molecule has 0 aromatic heterocycles. The van der Waals surface area contributed by atoms with E-state index in [1.807, 2.05) is 18.2 Å².